The lowest BCUT2D eigenvalue weighted by molar-refractivity contribution is -0.126. The van der Waals surface area contributed by atoms with Crippen molar-refractivity contribution in [3.05, 3.63) is 24.3 Å². The Labute approximate surface area is 113 Å². The zero-order valence-electron chi connectivity index (χ0n) is 11.3. The Morgan fingerprint density at radius 1 is 1.26 bits per heavy atom. The van der Waals surface area contributed by atoms with Crippen LogP contribution in [0.4, 0.5) is 5.69 Å². The van der Waals surface area contributed by atoms with Crippen LogP contribution < -0.4 is 15.0 Å². The number of methoxy groups -OCH3 is 1. The molecule has 0 atom stereocenters. The van der Waals surface area contributed by atoms with E-state index in [0.29, 0.717) is 5.91 Å². The lowest BCUT2D eigenvalue weighted by Gasteiger charge is -2.32. The molecule has 0 aromatic heterocycles. The number of piperidine rings is 1. The number of benzene rings is 1. The first-order valence-corrected chi connectivity index (χ1v) is 6.92. The second-order valence-electron chi connectivity index (χ2n) is 5.44. The van der Waals surface area contributed by atoms with Crippen molar-refractivity contribution in [3.63, 3.8) is 0 Å². The molecule has 0 unspecified atom stereocenters. The van der Waals surface area contributed by atoms with Crippen molar-refractivity contribution in [2.45, 2.75) is 19.3 Å². The lowest BCUT2D eigenvalue weighted by Crippen LogP contribution is -2.42. The molecule has 0 bridgehead atoms. The van der Waals surface area contributed by atoms with E-state index in [1.54, 1.807) is 7.11 Å². The van der Waals surface area contributed by atoms with Gasteiger partial charge >= 0.3 is 0 Å². The third kappa shape index (κ3) is 2.10. The Kier molecular flexibility index (Phi) is 3.19. The number of carbonyl (C=O) groups is 1. The number of nitrogens with one attached hydrogen (secondary N) is 1. The molecule has 4 nitrogen and oxygen atoms in total. The van der Waals surface area contributed by atoms with Crippen LogP contribution in [-0.2, 0) is 4.79 Å². The number of anilines is 1. The second kappa shape index (κ2) is 4.85. The molecule has 2 saturated heterocycles. The predicted molar refractivity (Wildman–Crippen MR) is 74.5 cm³/mol. The third-order valence-corrected chi connectivity index (χ3v) is 4.44. The van der Waals surface area contributed by atoms with Gasteiger partial charge in [-0.25, -0.2) is 0 Å². The summed E-state index contributed by atoms with van der Waals surface area (Å²) in [5, 5.41) is 3.34. The van der Waals surface area contributed by atoms with Gasteiger partial charge in [0.15, 0.2) is 0 Å². The van der Waals surface area contributed by atoms with E-state index in [1.807, 2.05) is 29.2 Å². The first-order chi connectivity index (χ1) is 9.25. The van der Waals surface area contributed by atoms with Crippen molar-refractivity contribution in [2.75, 3.05) is 31.6 Å². The number of hydrogen-bond donors (Lipinski definition) is 1. The van der Waals surface area contributed by atoms with E-state index < -0.39 is 0 Å². The van der Waals surface area contributed by atoms with E-state index in [-0.39, 0.29) is 5.41 Å². The molecule has 1 amide bonds. The summed E-state index contributed by atoms with van der Waals surface area (Å²) >= 11 is 0. The van der Waals surface area contributed by atoms with Crippen molar-refractivity contribution in [2.24, 2.45) is 5.41 Å². The molecule has 2 fully saturated rings. The Morgan fingerprint density at radius 2 is 2.05 bits per heavy atom. The molecule has 1 aromatic rings. The summed E-state index contributed by atoms with van der Waals surface area (Å²) in [6, 6.07) is 7.78. The van der Waals surface area contributed by atoms with E-state index in [0.717, 1.165) is 50.3 Å². The SMILES string of the molecule is COc1cccc(N2CCC3(CCNCC3)C2=O)c1. The molecule has 2 aliphatic rings. The van der Waals surface area contributed by atoms with Crippen LogP contribution in [0.25, 0.3) is 0 Å². The third-order valence-electron chi connectivity index (χ3n) is 4.44. The number of hydrogen-bond acceptors (Lipinski definition) is 3. The maximum absolute atomic E-state index is 12.7. The Morgan fingerprint density at radius 3 is 2.79 bits per heavy atom. The minimum absolute atomic E-state index is 0.117. The highest BCUT2D eigenvalue weighted by Gasteiger charge is 2.47. The number of carbonyl (C=O) groups excluding carboxylic acids is 1. The van der Waals surface area contributed by atoms with E-state index in [2.05, 4.69) is 5.32 Å². The smallest absolute Gasteiger partial charge is 0.233 e. The molecule has 0 aliphatic carbocycles. The van der Waals surface area contributed by atoms with Gasteiger partial charge in [0.1, 0.15) is 5.75 Å². The molecule has 102 valence electrons. The van der Waals surface area contributed by atoms with Gasteiger partial charge in [0.05, 0.1) is 12.5 Å². The quantitative estimate of drug-likeness (QED) is 0.881. The van der Waals surface area contributed by atoms with Crippen LogP contribution in [0.2, 0.25) is 0 Å². The van der Waals surface area contributed by atoms with E-state index in [1.165, 1.54) is 0 Å². The van der Waals surface area contributed by atoms with E-state index in [4.69, 9.17) is 4.74 Å². The standard InChI is InChI=1S/C15H20N2O2/c1-19-13-4-2-3-12(11-13)17-10-7-15(14(17)18)5-8-16-9-6-15/h2-4,11,16H,5-10H2,1H3. The highest BCUT2D eigenvalue weighted by Crippen LogP contribution is 2.41. The largest absolute Gasteiger partial charge is 0.497 e. The molecule has 4 heteroatoms. The van der Waals surface area contributed by atoms with Crippen LogP contribution in [0, 0.1) is 5.41 Å². The average molecular weight is 260 g/mol. The van der Waals surface area contributed by atoms with Gasteiger partial charge in [-0.15, -0.1) is 0 Å². The number of rotatable bonds is 2. The Balaban J connectivity index is 1.84. The molecule has 19 heavy (non-hydrogen) atoms. The van der Waals surface area contributed by atoms with E-state index in [9.17, 15) is 4.79 Å². The molecule has 0 saturated carbocycles. The summed E-state index contributed by atoms with van der Waals surface area (Å²) < 4.78 is 5.24. The van der Waals surface area contributed by atoms with Gasteiger partial charge in [0.25, 0.3) is 0 Å². The first-order valence-electron chi connectivity index (χ1n) is 6.92. The van der Waals surface area contributed by atoms with Crippen LogP contribution in [0.15, 0.2) is 24.3 Å². The van der Waals surface area contributed by atoms with Crippen LogP contribution in [0.1, 0.15) is 19.3 Å². The Bertz CT molecular complexity index is 481. The number of nitrogens with zero attached hydrogens (tertiary/aromatic N) is 1. The topological polar surface area (TPSA) is 41.6 Å². The summed E-state index contributed by atoms with van der Waals surface area (Å²) in [6.45, 7) is 2.74. The van der Waals surface area contributed by atoms with Gasteiger partial charge in [-0.2, -0.15) is 0 Å². The van der Waals surface area contributed by atoms with Gasteiger partial charge in [-0.1, -0.05) is 6.07 Å². The fourth-order valence-corrected chi connectivity index (χ4v) is 3.21. The minimum atomic E-state index is -0.117. The molecule has 3 rings (SSSR count). The van der Waals surface area contributed by atoms with Crippen molar-refractivity contribution < 1.29 is 9.53 Å². The van der Waals surface area contributed by atoms with Crippen molar-refractivity contribution in [1.29, 1.82) is 0 Å². The first kappa shape index (κ1) is 12.5. The maximum Gasteiger partial charge on any atom is 0.233 e. The maximum atomic E-state index is 12.7. The summed E-state index contributed by atoms with van der Waals surface area (Å²) in [4.78, 5) is 14.7. The number of amides is 1. The highest BCUT2D eigenvalue weighted by molar-refractivity contribution is 6.00. The fourth-order valence-electron chi connectivity index (χ4n) is 3.21. The van der Waals surface area contributed by atoms with Crippen LogP contribution >= 0.6 is 0 Å². The summed E-state index contributed by atoms with van der Waals surface area (Å²) in [6.07, 6.45) is 2.91. The summed E-state index contributed by atoms with van der Waals surface area (Å²) in [5.41, 5.74) is 0.841. The average Bonchev–Trinajstić information content (AvgIpc) is 2.77. The molecule has 0 radical (unpaired) electrons. The van der Waals surface area contributed by atoms with Gasteiger partial charge in [0, 0.05) is 18.3 Å². The minimum Gasteiger partial charge on any atom is -0.497 e. The molecule has 1 spiro atoms. The number of ether oxygens (including phenoxy) is 1. The zero-order chi connectivity index (χ0) is 13.3. The van der Waals surface area contributed by atoms with Crippen molar-refractivity contribution in [3.8, 4) is 5.75 Å². The Hall–Kier alpha value is -1.55. The lowest BCUT2D eigenvalue weighted by atomic mass is 9.78. The van der Waals surface area contributed by atoms with Gasteiger partial charge < -0.3 is 15.0 Å². The molecular formula is C15H20N2O2. The monoisotopic (exact) mass is 260 g/mol. The second-order valence-corrected chi connectivity index (χ2v) is 5.44. The molecule has 1 aromatic carbocycles. The zero-order valence-corrected chi connectivity index (χ0v) is 11.3. The molecular weight excluding hydrogens is 240 g/mol. The van der Waals surface area contributed by atoms with Crippen molar-refractivity contribution in [1.82, 2.24) is 5.32 Å². The van der Waals surface area contributed by atoms with Crippen LogP contribution in [-0.4, -0.2) is 32.7 Å². The predicted octanol–water partition coefficient (Wildman–Crippen LogP) is 1.80. The molecule has 1 N–H and O–H groups in total. The molecule has 2 heterocycles. The van der Waals surface area contributed by atoms with E-state index >= 15 is 0 Å². The highest BCUT2D eigenvalue weighted by atomic mass is 16.5. The fraction of sp³-hybridized carbons (Fsp3) is 0.533. The van der Waals surface area contributed by atoms with Gasteiger partial charge in [-0.3, -0.25) is 4.79 Å². The van der Waals surface area contributed by atoms with Gasteiger partial charge in [0.2, 0.25) is 5.91 Å². The normalized spacial score (nSPS) is 21.9. The molecule has 2 aliphatic heterocycles. The summed E-state index contributed by atoms with van der Waals surface area (Å²) in [7, 11) is 1.65. The van der Waals surface area contributed by atoms with Crippen LogP contribution in [0.3, 0.4) is 0 Å². The summed E-state index contributed by atoms with van der Waals surface area (Å²) in [5.74, 6) is 1.10. The van der Waals surface area contributed by atoms with Crippen molar-refractivity contribution >= 4 is 11.6 Å². The van der Waals surface area contributed by atoms with Crippen LogP contribution in [0.5, 0.6) is 5.75 Å². The van der Waals surface area contributed by atoms with Gasteiger partial charge in [-0.05, 0) is 44.5 Å².